The maximum atomic E-state index is 12.7. The highest BCUT2D eigenvalue weighted by molar-refractivity contribution is 7.89. The fourth-order valence-electron chi connectivity index (χ4n) is 1.42. The number of halogens is 1. The van der Waals surface area contributed by atoms with Crippen LogP contribution in [-0.2, 0) is 10.0 Å². The van der Waals surface area contributed by atoms with Crippen LogP contribution in [0.4, 0.5) is 4.39 Å². The predicted molar refractivity (Wildman–Crippen MR) is 62.0 cm³/mol. The Morgan fingerprint density at radius 1 is 1.31 bits per heavy atom. The van der Waals surface area contributed by atoms with Crippen LogP contribution in [0.3, 0.4) is 0 Å². The van der Waals surface area contributed by atoms with Gasteiger partial charge in [-0.15, -0.1) is 0 Å². The molecule has 0 radical (unpaired) electrons. The van der Waals surface area contributed by atoms with Gasteiger partial charge in [-0.05, 0) is 31.0 Å². The van der Waals surface area contributed by atoms with Crippen molar-refractivity contribution in [3.8, 4) is 0 Å². The third kappa shape index (κ3) is 3.90. The van der Waals surface area contributed by atoms with E-state index in [4.69, 9.17) is 0 Å². The van der Waals surface area contributed by atoms with E-state index < -0.39 is 10.0 Å². The second kappa shape index (κ2) is 5.41. The van der Waals surface area contributed by atoms with Crippen LogP contribution in [0.1, 0.15) is 31.9 Å². The lowest BCUT2D eigenvalue weighted by Gasteiger charge is -2.14. The Kier molecular flexibility index (Phi) is 4.44. The highest BCUT2D eigenvalue weighted by Crippen LogP contribution is 2.14. The molecule has 0 aliphatic heterocycles. The maximum absolute atomic E-state index is 12.7. The normalized spacial score (nSPS) is 13.7. The first-order chi connectivity index (χ1) is 7.44. The largest absolute Gasteiger partial charge is 0.212 e. The number of rotatable bonds is 5. The van der Waals surface area contributed by atoms with Crippen LogP contribution < -0.4 is 4.72 Å². The van der Waals surface area contributed by atoms with Crippen LogP contribution in [0.15, 0.2) is 24.3 Å². The molecule has 3 nitrogen and oxygen atoms in total. The maximum Gasteiger partial charge on any atom is 0.212 e. The number of nitrogens with one attached hydrogen (secondary N) is 1. The van der Waals surface area contributed by atoms with Crippen molar-refractivity contribution in [3.63, 3.8) is 0 Å². The molecule has 0 aliphatic rings. The molecule has 5 heteroatoms. The standard InChI is InChI=1S/C11H16FNO2S/c1-3-8-16(14,15)13-9(2)10-4-6-11(12)7-5-10/h4-7,9,13H,3,8H2,1-2H3/t9-/m1/s1. The zero-order valence-electron chi connectivity index (χ0n) is 9.40. The summed E-state index contributed by atoms with van der Waals surface area (Å²) in [5.41, 5.74) is 0.751. The van der Waals surface area contributed by atoms with Gasteiger partial charge in [-0.2, -0.15) is 0 Å². The molecule has 1 rings (SSSR count). The van der Waals surface area contributed by atoms with E-state index in [2.05, 4.69) is 4.72 Å². The summed E-state index contributed by atoms with van der Waals surface area (Å²) in [5, 5.41) is 0. The quantitative estimate of drug-likeness (QED) is 0.864. The van der Waals surface area contributed by atoms with Gasteiger partial charge in [0, 0.05) is 6.04 Å². The van der Waals surface area contributed by atoms with Gasteiger partial charge in [0.2, 0.25) is 10.0 Å². The molecular weight excluding hydrogens is 229 g/mol. The Hall–Kier alpha value is -0.940. The minimum Gasteiger partial charge on any atom is -0.212 e. The molecule has 0 saturated carbocycles. The molecule has 0 unspecified atom stereocenters. The Balaban J connectivity index is 2.72. The van der Waals surface area contributed by atoms with E-state index in [1.807, 2.05) is 6.92 Å². The molecule has 1 aromatic carbocycles. The van der Waals surface area contributed by atoms with Gasteiger partial charge in [-0.1, -0.05) is 19.1 Å². The zero-order chi connectivity index (χ0) is 12.2. The predicted octanol–water partition coefficient (Wildman–Crippen LogP) is 2.22. The van der Waals surface area contributed by atoms with Crippen molar-refractivity contribution in [1.82, 2.24) is 4.72 Å². The van der Waals surface area contributed by atoms with E-state index in [9.17, 15) is 12.8 Å². The summed E-state index contributed by atoms with van der Waals surface area (Å²) in [5.74, 6) is -0.217. The van der Waals surface area contributed by atoms with E-state index in [1.165, 1.54) is 12.1 Å². The Morgan fingerprint density at radius 3 is 2.38 bits per heavy atom. The first-order valence-corrected chi connectivity index (χ1v) is 6.85. The van der Waals surface area contributed by atoms with E-state index in [0.29, 0.717) is 6.42 Å². The van der Waals surface area contributed by atoms with Gasteiger partial charge >= 0.3 is 0 Å². The summed E-state index contributed by atoms with van der Waals surface area (Å²) in [4.78, 5) is 0. The van der Waals surface area contributed by atoms with Gasteiger partial charge in [-0.3, -0.25) is 0 Å². The lowest BCUT2D eigenvalue weighted by Crippen LogP contribution is -2.28. The third-order valence-electron chi connectivity index (χ3n) is 2.20. The average Bonchev–Trinajstić information content (AvgIpc) is 2.17. The van der Waals surface area contributed by atoms with Crippen LogP contribution >= 0.6 is 0 Å². The summed E-state index contributed by atoms with van der Waals surface area (Å²) >= 11 is 0. The van der Waals surface area contributed by atoms with Crippen LogP contribution in [0.2, 0.25) is 0 Å². The lowest BCUT2D eigenvalue weighted by atomic mass is 10.1. The van der Waals surface area contributed by atoms with Crippen LogP contribution in [-0.4, -0.2) is 14.2 Å². The molecule has 0 heterocycles. The van der Waals surface area contributed by atoms with Crippen molar-refractivity contribution in [1.29, 1.82) is 0 Å². The first kappa shape index (κ1) is 13.1. The van der Waals surface area contributed by atoms with Gasteiger partial charge in [0.05, 0.1) is 5.75 Å². The molecule has 0 aliphatic carbocycles. The minimum atomic E-state index is -3.23. The fraction of sp³-hybridized carbons (Fsp3) is 0.455. The summed E-state index contributed by atoms with van der Waals surface area (Å²) in [6, 6.07) is 5.46. The molecule has 90 valence electrons. The Bertz CT molecular complexity index is 428. The van der Waals surface area contributed by atoms with Crippen molar-refractivity contribution in [3.05, 3.63) is 35.6 Å². The van der Waals surface area contributed by atoms with Crippen LogP contribution in [0.5, 0.6) is 0 Å². The lowest BCUT2D eigenvalue weighted by molar-refractivity contribution is 0.565. The summed E-state index contributed by atoms with van der Waals surface area (Å²) in [6.45, 7) is 3.54. The van der Waals surface area contributed by atoms with Crippen molar-refractivity contribution in [2.24, 2.45) is 0 Å². The molecule has 16 heavy (non-hydrogen) atoms. The Labute approximate surface area is 95.7 Å². The van der Waals surface area contributed by atoms with Crippen molar-refractivity contribution in [2.75, 3.05) is 5.75 Å². The van der Waals surface area contributed by atoms with E-state index in [-0.39, 0.29) is 17.6 Å². The first-order valence-electron chi connectivity index (χ1n) is 5.20. The van der Waals surface area contributed by atoms with E-state index in [1.54, 1.807) is 19.1 Å². The van der Waals surface area contributed by atoms with Crippen LogP contribution in [0.25, 0.3) is 0 Å². The van der Waals surface area contributed by atoms with Gasteiger partial charge in [0.25, 0.3) is 0 Å². The molecule has 0 spiro atoms. The van der Waals surface area contributed by atoms with E-state index in [0.717, 1.165) is 5.56 Å². The molecule has 1 N–H and O–H groups in total. The summed E-state index contributed by atoms with van der Waals surface area (Å²) in [6.07, 6.45) is 0.575. The van der Waals surface area contributed by atoms with Gasteiger partial charge in [0.15, 0.2) is 0 Å². The van der Waals surface area contributed by atoms with Crippen LogP contribution in [0, 0.1) is 5.82 Å². The number of hydrogen-bond acceptors (Lipinski definition) is 2. The van der Waals surface area contributed by atoms with E-state index >= 15 is 0 Å². The summed E-state index contributed by atoms with van der Waals surface area (Å²) < 4.78 is 38.2. The second-order valence-electron chi connectivity index (χ2n) is 3.71. The minimum absolute atomic E-state index is 0.110. The smallest absolute Gasteiger partial charge is 0.212 e. The number of sulfonamides is 1. The van der Waals surface area contributed by atoms with Gasteiger partial charge in [0.1, 0.15) is 5.82 Å². The average molecular weight is 245 g/mol. The topological polar surface area (TPSA) is 46.2 Å². The molecule has 1 atom stereocenters. The molecule has 0 amide bonds. The molecule has 0 bridgehead atoms. The Morgan fingerprint density at radius 2 is 1.88 bits per heavy atom. The van der Waals surface area contributed by atoms with Crippen molar-refractivity contribution >= 4 is 10.0 Å². The molecule has 0 saturated heterocycles. The second-order valence-corrected chi connectivity index (χ2v) is 5.58. The SMILES string of the molecule is CCCS(=O)(=O)N[C@H](C)c1ccc(F)cc1. The number of hydrogen-bond donors (Lipinski definition) is 1. The molecular formula is C11H16FNO2S. The molecule has 0 aromatic heterocycles. The zero-order valence-corrected chi connectivity index (χ0v) is 10.2. The highest BCUT2D eigenvalue weighted by Gasteiger charge is 2.14. The number of benzene rings is 1. The van der Waals surface area contributed by atoms with Crippen molar-refractivity contribution in [2.45, 2.75) is 26.3 Å². The fourth-order valence-corrected chi connectivity index (χ4v) is 2.75. The van der Waals surface area contributed by atoms with Crippen molar-refractivity contribution < 1.29 is 12.8 Å². The summed E-state index contributed by atoms with van der Waals surface area (Å²) in [7, 11) is -3.23. The molecule has 1 aromatic rings. The third-order valence-corrected chi connectivity index (χ3v) is 3.86. The van der Waals surface area contributed by atoms with Gasteiger partial charge in [-0.25, -0.2) is 17.5 Å². The van der Waals surface area contributed by atoms with Gasteiger partial charge < -0.3 is 0 Å². The highest BCUT2D eigenvalue weighted by atomic mass is 32.2. The molecule has 0 fully saturated rings. The monoisotopic (exact) mass is 245 g/mol.